The van der Waals surface area contributed by atoms with E-state index in [9.17, 15) is 14.9 Å². The minimum absolute atomic E-state index is 0.0232. The van der Waals surface area contributed by atoms with Crippen LogP contribution < -0.4 is 5.56 Å². The molecule has 116 valence electrons. The molecule has 0 saturated heterocycles. The topological polar surface area (TPSA) is 78.0 Å². The summed E-state index contributed by atoms with van der Waals surface area (Å²) in [7, 11) is 0. The van der Waals surface area contributed by atoms with E-state index < -0.39 is 4.92 Å². The van der Waals surface area contributed by atoms with Crippen LogP contribution in [0.25, 0.3) is 10.2 Å². The van der Waals surface area contributed by atoms with Crippen LogP contribution in [0.3, 0.4) is 0 Å². The maximum atomic E-state index is 12.8. The quantitative estimate of drug-likeness (QED) is 0.547. The van der Waals surface area contributed by atoms with E-state index in [4.69, 9.17) is 0 Å². The molecule has 0 atom stereocenters. The number of rotatable bonds is 3. The number of thiophene rings is 1. The highest BCUT2D eigenvalue weighted by Gasteiger charge is 2.22. The molecular weight excluding hydrogens is 314 g/mol. The van der Waals surface area contributed by atoms with E-state index in [1.807, 2.05) is 0 Å². The van der Waals surface area contributed by atoms with Crippen molar-refractivity contribution in [2.75, 3.05) is 0 Å². The molecule has 0 amide bonds. The standard InChI is InChI=1S/C16H13N3O3S/c20-16-14-11-5-3-7-13(11)23-15(14)17-9-18(16)8-10-4-1-2-6-12(10)19(21)22/h1-2,4,6,9H,3,5,7-8H2. The number of nitrogens with zero attached hydrogens (tertiary/aromatic N) is 3. The summed E-state index contributed by atoms with van der Waals surface area (Å²) in [5.74, 6) is 0. The Kier molecular flexibility index (Phi) is 3.23. The summed E-state index contributed by atoms with van der Waals surface area (Å²) < 4.78 is 1.47. The third kappa shape index (κ3) is 2.24. The molecule has 0 fully saturated rings. The first kappa shape index (κ1) is 14.1. The van der Waals surface area contributed by atoms with E-state index in [2.05, 4.69) is 4.98 Å². The van der Waals surface area contributed by atoms with E-state index in [0.29, 0.717) is 10.9 Å². The van der Waals surface area contributed by atoms with Crippen LogP contribution in [0.15, 0.2) is 35.4 Å². The van der Waals surface area contributed by atoms with Gasteiger partial charge in [0.1, 0.15) is 4.83 Å². The van der Waals surface area contributed by atoms with Crippen molar-refractivity contribution in [2.45, 2.75) is 25.8 Å². The zero-order chi connectivity index (χ0) is 16.0. The van der Waals surface area contributed by atoms with Gasteiger partial charge in [-0.3, -0.25) is 19.5 Å². The summed E-state index contributed by atoms with van der Waals surface area (Å²) in [5, 5.41) is 11.8. The number of nitro groups is 1. The number of para-hydroxylation sites is 1. The van der Waals surface area contributed by atoms with Crippen LogP contribution in [0.4, 0.5) is 5.69 Å². The smallest absolute Gasteiger partial charge is 0.274 e. The molecule has 1 aromatic carbocycles. The third-order valence-corrected chi connectivity index (χ3v) is 5.42. The first-order valence-corrected chi connectivity index (χ1v) is 8.19. The van der Waals surface area contributed by atoms with E-state index >= 15 is 0 Å². The summed E-state index contributed by atoms with van der Waals surface area (Å²) in [4.78, 5) is 29.9. The second-order valence-electron chi connectivity index (χ2n) is 5.60. The van der Waals surface area contributed by atoms with Crippen LogP contribution in [-0.2, 0) is 19.4 Å². The molecule has 0 radical (unpaired) electrons. The molecule has 3 aromatic rings. The van der Waals surface area contributed by atoms with Crippen molar-refractivity contribution in [2.24, 2.45) is 0 Å². The van der Waals surface area contributed by atoms with Crippen molar-refractivity contribution < 1.29 is 4.92 Å². The first-order chi connectivity index (χ1) is 11.1. The summed E-state index contributed by atoms with van der Waals surface area (Å²) >= 11 is 1.59. The number of nitro benzene ring substituents is 1. The first-order valence-electron chi connectivity index (χ1n) is 7.37. The molecule has 0 aliphatic heterocycles. The Balaban J connectivity index is 1.83. The fourth-order valence-electron chi connectivity index (χ4n) is 3.14. The largest absolute Gasteiger partial charge is 0.294 e. The van der Waals surface area contributed by atoms with Gasteiger partial charge in [-0.05, 0) is 24.8 Å². The van der Waals surface area contributed by atoms with Crippen molar-refractivity contribution in [3.63, 3.8) is 0 Å². The van der Waals surface area contributed by atoms with E-state index in [-0.39, 0.29) is 17.8 Å². The Hall–Kier alpha value is -2.54. The average molecular weight is 327 g/mol. The predicted molar refractivity (Wildman–Crippen MR) is 88.1 cm³/mol. The summed E-state index contributed by atoms with van der Waals surface area (Å²) in [6, 6.07) is 6.49. The number of benzene rings is 1. The van der Waals surface area contributed by atoms with E-state index in [1.165, 1.54) is 21.8 Å². The molecule has 0 bridgehead atoms. The Morgan fingerprint density at radius 1 is 1.30 bits per heavy atom. The van der Waals surface area contributed by atoms with Gasteiger partial charge < -0.3 is 0 Å². The fraction of sp³-hybridized carbons (Fsp3) is 0.250. The van der Waals surface area contributed by atoms with Gasteiger partial charge in [0, 0.05) is 16.5 Å². The van der Waals surface area contributed by atoms with Crippen LogP contribution in [-0.4, -0.2) is 14.5 Å². The molecular formula is C16H13N3O3S. The maximum absolute atomic E-state index is 12.8. The lowest BCUT2D eigenvalue weighted by Gasteiger charge is -2.06. The third-order valence-electron chi connectivity index (χ3n) is 4.22. The minimum Gasteiger partial charge on any atom is -0.294 e. The van der Waals surface area contributed by atoms with Crippen LogP contribution in [0.5, 0.6) is 0 Å². The molecule has 2 aromatic heterocycles. The Labute approximate surface area is 135 Å². The highest BCUT2D eigenvalue weighted by Crippen LogP contribution is 2.34. The second-order valence-corrected chi connectivity index (χ2v) is 6.68. The van der Waals surface area contributed by atoms with Crippen molar-refractivity contribution in [3.05, 3.63) is 67.1 Å². The number of aromatic nitrogens is 2. The Morgan fingerprint density at radius 2 is 2.13 bits per heavy atom. The lowest BCUT2D eigenvalue weighted by molar-refractivity contribution is -0.385. The van der Waals surface area contributed by atoms with Crippen LogP contribution >= 0.6 is 11.3 Å². The molecule has 4 rings (SSSR count). The van der Waals surface area contributed by atoms with Gasteiger partial charge >= 0.3 is 0 Å². The molecule has 1 aliphatic carbocycles. The van der Waals surface area contributed by atoms with Crippen LogP contribution in [0.1, 0.15) is 22.4 Å². The molecule has 0 unspecified atom stereocenters. The SMILES string of the molecule is O=c1c2c3c(sc2ncn1Cc1ccccc1[N+](=O)[O-])CCC3. The van der Waals surface area contributed by atoms with Crippen molar-refractivity contribution in [1.29, 1.82) is 0 Å². The fourth-order valence-corrected chi connectivity index (χ4v) is 4.36. The van der Waals surface area contributed by atoms with E-state index in [0.717, 1.165) is 29.7 Å². The van der Waals surface area contributed by atoms with Gasteiger partial charge in [0.05, 0.1) is 23.2 Å². The molecule has 2 heterocycles. The van der Waals surface area contributed by atoms with Gasteiger partial charge in [-0.2, -0.15) is 0 Å². The highest BCUT2D eigenvalue weighted by molar-refractivity contribution is 7.18. The number of hydrogen-bond acceptors (Lipinski definition) is 5. The van der Waals surface area contributed by atoms with Gasteiger partial charge in [-0.25, -0.2) is 4.98 Å². The van der Waals surface area contributed by atoms with Gasteiger partial charge in [0.2, 0.25) is 0 Å². The molecule has 23 heavy (non-hydrogen) atoms. The van der Waals surface area contributed by atoms with Gasteiger partial charge in [0.25, 0.3) is 11.2 Å². The molecule has 7 heteroatoms. The Bertz CT molecular complexity index is 990. The van der Waals surface area contributed by atoms with Gasteiger partial charge in [-0.15, -0.1) is 11.3 Å². The van der Waals surface area contributed by atoms with Crippen molar-refractivity contribution >= 4 is 27.2 Å². The van der Waals surface area contributed by atoms with Crippen molar-refractivity contribution in [3.8, 4) is 0 Å². The summed E-state index contributed by atoms with van der Waals surface area (Å²) in [6.45, 7) is 0.156. The van der Waals surface area contributed by atoms with E-state index in [1.54, 1.807) is 29.5 Å². The molecule has 0 saturated carbocycles. The molecule has 0 spiro atoms. The normalized spacial score (nSPS) is 13.4. The lowest BCUT2D eigenvalue weighted by Crippen LogP contribution is -2.21. The monoisotopic (exact) mass is 327 g/mol. The molecule has 1 aliphatic rings. The minimum atomic E-state index is -0.422. The highest BCUT2D eigenvalue weighted by atomic mass is 32.1. The van der Waals surface area contributed by atoms with Crippen molar-refractivity contribution in [1.82, 2.24) is 9.55 Å². The number of aryl methyl sites for hydroxylation is 2. The maximum Gasteiger partial charge on any atom is 0.274 e. The van der Waals surface area contributed by atoms with Crippen LogP contribution in [0, 0.1) is 10.1 Å². The lowest BCUT2D eigenvalue weighted by atomic mass is 10.1. The molecule has 6 nitrogen and oxygen atoms in total. The zero-order valence-corrected chi connectivity index (χ0v) is 13.0. The van der Waals surface area contributed by atoms with Gasteiger partial charge in [0.15, 0.2) is 0 Å². The summed E-state index contributed by atoms with van der Waals surface area (Å²) in [6.07, 6.45) is 4.50. The van der Waals surface area contributed by atoms with Crippen LogP contribution in [0.2, 0.25) is 0 Å². The number of hydrogen-bond donors (Lipinski definition) is 0. The Morgan fingerprint density at radius 3 is 2.96 bits per heavy atom. The zero-order valence-electron chi connectivity index (χ0n) is 12.2. The molecule has 0 N–H and O–H groups in total. The number of fused-ring (bicyclic) bond motifs is 3. The second kappa shape index (κ2) is 5.27. The average Bonchev–Trinajstić information content (AvgIpc) is 3.11. The predicted octanol–water partition coefficient (Wildman–Crippen LogP) is 2.90. The van der Waals surface area contributed by atoms with Gasteiger partial charge in [-0.1, -0.05) is 18.2 Å². The summed E-state index contributed by atoms with van der Waals surface area (Å²) in [5.41, 5.74) is 1.55.